The summed E-state index contributed by atoms with van der Waals surface area (Å²) >= 11 is 16.9. The van der Waals surface area contributed by atoms with Gasteiger partial charge >= 0.3 is 5.69 Å². The topological polar surface area (TPSA) is 48.6 Å². The van der Waals surface area contributed by atoms with Crippen LogP contribution in [0.3, 0.4) is 0 Å². The Bertz CT molecular complexity index is 888. The molecule has 0 amide bonds. The van der Waals surface area contributed by atoms with E-state index in [2.05, 4.69) is 57.8 Å². The fourth-order valence-corrected chi connectivity index (χ4v) is 4.74. The molecule has 0 saturated carbocycles. The number of nitrogens with one attached hydrogen (secondary N) is 2. The molecule has 3 rings (SSSR count). The molecule has 0 aliphatic rings. The van der Waals surface area contributed by atoms with Crippen LogP contribution < -0.4 is 5.69 Å². The fraction of sp³-hybridized carbons (Fsp3) is 0.0714. The van der Waals surface area contributed by atoms with E-state index < -0.39 is 0 Å². The lowest BCUT2D eigenvalue weighted by Crippen LogP contribution is -1.99. The second kappa shape index (κ2) is 5.91. The van der Waals surface area contributed by atoms with E-state index in [1.807, 2.05) is 30.3 Å². The lowest BCUT2D eigenvalue weighted by molar-refractivity contribution is 1.16. The van der Waals surface area contributed by atoms with Gasteiger partial charge in [-0.3, -0.25) is 0 Å². The summed E-state index contributed by atoms with van der Waals surface area (Å²) in [4.78, 5) is 16.8. The van der Waals surface area contributed by atoms with Crippen molar-refractivity contribution in [3.63, 3.8) is 0 Å². The van der Waals surface area contributed by atoms with E-state index in [1.54, 1.807) is 0 Å². The van der Waals surface area contributed by atoms with Crippen LogP contribution in [-0.2, 0) is 0 Å². The fourth-order valence-electron chi connectivity index (χ4n) is 2.14. The highest BCUT2D eigenvalue weighted by Gasteiger charge is 2.18. The summed E-state index contributed by atoms with van der Waals surface area (Å²) in [6.45, 7) is 0. The molecule has 1 unspecified atom stereocenters. The van der Waals surface area contributed by atoms with Crippen LogP contribution in [0.1, 0.15) is 16.0 Å². The molecule has 7 heteroatoms. The molecule has 108 valence electrons. The summed E-state index contributed by atoms with van der Waals surface area (Å²) in [7, 11) is 0. The van der Waals surface area contributed by atoms with Crippen molar-refractivity contribution in [3.8, 4) is 0 Å². The van der Waals surface area contributed by atoms with Crippen molar-refractivity contribution in [1.82, 2.24) is 9.97 Å². The molecule has 0 bridgehead atoms. The maximum absolute atomic E-state index is 11.4. The molecular formula is C14H8Br3ClN2O. The lowest BCUT2D eigenvalue weighted by atomic mass is 10.0. The number of halogens is 4. The van der Waals surface area contributed by atoms with Crippen LogP contribution in [0.4, 0.5) is 0 Å². The van der Waals surface area contributed by atoms with Crippen molar-refractivity contribution in [2.24, 2.45) is 0 Å². The van der Waals surface area contributed by atoms with Crippen LogP contribution in [0.2, 0.25) is 5.02 Å². The monoisotopic (exact) mass is 492 g/mol. The molecule has 1 aromatic heterocycles. The third kappa shape index (κ3) is 2.99. The molecule has 3 nitrogen and oxygen atoms in total. The zero-order valence-electron chi connectivity index (χ0n) is 10.4. The quantitative estimate of drug-likeness (QED) is 0.452. The van der Waals surface area contributed by atoms with E-state index in [0.717, 1.165) is 31.1 Å². The molecule has 21 heavy (non-hydrogen) atoms. The first kappa shape index (κ1) is 15.3. The number of hydrogen-bond acceptors (Lipinski definition) is 1. The summed E-state index contributed by atoms with van der Waals surface area (Å²) in [5.41, 5.74) is 3.33. The molecule has 0 radical (unpaired) electrons. The molecule has 0 fully saturated rings. The number of benzene rings is 2. The van der Waals surface area contributed by atoms with Crippen LogP contribution in [0.15, 0.2) is 44.1 Å². The Morgan fingerprint density at radius 3 is 2.29 bits per heavy atom. The van der Waals surface area contributed by atoms with Crippen LogP contribution in [-0.4, -0.2) is 9.97 Å². The Morgan fingerprint density at radius 1 is 0.952 bits per heavy atom. The first-order chi connectivity index (χ1) is 9.95. The Balaban J connectivity index is 2.16. The Kier molecular flexibility index (Phi) is 4.32. The minimum absolute atomic E-state index is 0.0669. The second-order valence-electron chi connectivity index (χ2n) is 4.53. The maximum Gasteiger partial charge on any atom is 0.323 e. The van der Waals surface area contributed by atoms with E-state index in [0.29, 0.717) is 5.02 Å². The van der Waals surface area contributed by atoms with Gasteiger partial charge < -0.3 is 9.97 Å². The Morgan fingerprint density at radius 2 is 1.57 bits per heavy atom. The van der Waals surface area contributed by atoms with Gasteiger partial charge in [0.05, 0.1) is 15.9 Å². The summed E-state index contributed by atoms with van der Waals surface area (Å²) in [6.07, 6.45) is 0. The van der Waals surface area contributed by atoms with Crippen molar-refractivity contribution in [2.45, 2.75) is 4.83 Å². The summed E-state index contributed by atoms with van der Waals surface area (Å²) in [6, 6.07) is 9.47. The third-order valence-corrected chi connectivity index (χ3v) is 5.77. The van der Waals surface area contributed by atoms with Crippen molar-refractivity contribution in [3.05, 3.63) is 65.9 Å². The minimum atomic E-state index is -0.218. The Hall–Kier alpha value is -0.560. The van der Waals surface area contributed by atoms with E-state index in [9.17, 15) is 4.79 Å². The third-order valence-electron chi connectivity index (χ3n) is 3.14. The van der Waals surface area contributed by atoms with E-state index >= 15 is 0 Å². The van der Waals surface area contributed by atoms with Crippen molar-refractivity contribution in [2.75, 3.05) is 0 Å². The van der Waals surface area contributed by atoms with E-state index in [1.165, 1.54) is 0 Å². The minimum Gasteiger partial charge on any atom is -0.306 e. The average Bonchev–Trinajstić information content (AvgIpc) is 2.79. The van der Waals surface area contributed by atoms with Gasteiger partial charge in [0.15, 0.2) is 0 Å². The molecular weight excluding hydrogens is 487 g/mol. The summed E-state index contributed by atoms with van der Waals surface area (Å²) < 4.78 is 1.86. The number of aromatic nitrogens is 2. The van der Waals surface area contributed by atoms with E-state index in [4.69, 9.17) is 11.6 Å². The van der Waals surface area contributed by atoms with Gasteiger partial charge in [0, 0.05) is 14.0 Å². The standard InChI is InChI=1S/C14H8Br3ClN2O/c15-9-2-1-6(18)3-7(9)13(17)8-4-11-12(5-10(8)16)20-14(21)19-11/h1-5,13H,(H2,19,20,21). The average molecular weight is 495 g/mol. The predicted molar refractivity (Wildman–Crippen MR) is 96.5 cm³/mol. The van der Waals surface area contributed by atoms with Crippen LogP contribution in [0.25, 0.3) is 11.0 Å². The zero-order chi connectivity index (χ0) is 15.1. The molecule has 1 heterocycles. The van der Waals surface area contributed by atoms with Crippen LogP contribution in [0, 0.1) is 0 Å². The van der Waals surface area contributed by atoms with Gasteiger partial charge in [-0.25, -0.2) is 4.79 Å². The van der Waals surface area contributed by atoms with Gasteiger partial charge in [0.1, 0.15) is 0 Å². The van der Waals surface area contributed by atoms with Gasteiger partial charge in [-0.15, -0.1) is 0 Å². The number of rotatable bonds is 2. The van der Waals surface area contributed by atoms with Gasteiger partial charge in [-0.1, -0.05) is 59.4 Å². The number of H-pyrrole nitrogens is 2. The largest absolute Gasteiger partial charge is 0.323 e. The highest BCUT2D eigenvalue weighted by molar-refractivity contribution is 9.11. The van der Waals surface area contributed by atoms with Crippen LogP contribution >= 0.6 is 59.4 Å². The molecule has 1 atom stereocenters. The maximum atomic E-state index is 11.4. The number of fused-ring (bicyclic) bond motifs is 1. The Labute approximate surface area is 150 Å². The predicted octanol–water partition coefficient (Wildman–Crippen LogP) is 5.52. The highest BCUT2D eigenvalue weighted by Crippen LogP contribution is 2.40. The molecule has 0 spiro atoms. The van der Waals surface area contributed by atoms with Crippen molar-refractivity contribution >= 4 is 70.4 Å². The van der Waals surface area contributed by atoms with E-state index in [-0.39, 0.29) is 10.5 Å². The molecule has 0 saturated heterocycles. The van der Waals surface area contributed by atoms with Gasteiger partial charge in [0.25, 0.3) is 0 Å². The van der Waals surface area contributed by atoms with Gasteiger partial charge in [-0.2, -0.15) is 0 Å². The zero-order valence-corrected chi connectivity index (χ0v) is 15.9. The van der Waals surface area contributed by atoms with Gasteiger partial charge in [-0.05, 0) is 41.5 Å². The smallest absolute Gasteiger partial charge is 0.306 e. The number of alkyl halides is 1. The normalized spacial score (nSPS) is 12.8. The first-order valence-electron chi connectivity index (χ1n) is 5.96. The number of imidazole rings is 1. The van der Waals surface area contributed by atoms with Crippen LogP contribution in [0.5, 0.6) is 0 Å². The number of hydrogen-bond donors (Lipinski definition) is 2. The highest BCUT2D eigenvalue weighted by atomic mass is 79.9. The molecule has 0 aliphatic carbocycles. The molecule has 2 N–H and O–H groups in total. The second-order valence-corrected chi connectivity index (χ2v) is 7.59. The summed E-state index contributed by atoms with van der Waals surface area (Å²) in [5, 5.41) is 0.671. The SMILES string of the molecule is O=c1[nH]c2cc(Br)c(C(Br)c3cc(Cl)ccc3Br)cc2[nH]1. The lowest BCUT2D eigenvalue weighted by Gasteiger charge is -2.15. The van der Waals surface area contributed by atoms with Crippen molar-refractivity contribution < 1.29 is 0 Å². The molecule has 0 aliphatic heterocycles. The molecule has 2 aromatic carbocycles. The van der Waals surface area contributed by atoms with Crippen molar-refractivity contribution in [1.29, 1.82) is 0 Å². The van der Waals surface area contributed by atoms with Gasteiger partial charge in [0.2, 0.25) is 0 Å². The number of aromatic amines is 2. The summed E-state index contributed by atoms with van der Waals surface area (Å²) in [5.74, 6) is 0. The molecule has 3 aromatic rings. The first-order valence-corrected chi connectivity index (χ1v) is 8.84.